The van der Waals surface area contributed by atoms with Gasteiger partial charge in [-0.25, -0.2) is 8.42 Å². The third-order valence-corrected chi connectivity index (χ3v) is 7.47. The Morgan fingerprint density at radius 3 is 2.17 bits per heavy atom. The Labute approximate surface area is 175 Å². The highest BCUT2D eigenvalue weighted by molar-refractivity contribution is 7.89. The van der Waals surface area contributed by atoms with Crippen LogP contribution >= 0.6 is 0 Å². The van der Waals surface area contributed by atoms with E-state index >= 15 is 0 Å². The van der Waals surface area contributed by atoms with Gasteiger partial charge >= 0.3 is 0 Å². The van der Waals surface area contributed by atoms with E-state index in [1.54, 1.807) is 16.4 Å². The van der Waals surface area contributed by atoms with E-state index in [2.05, 4.69) is 50.8 Å². The van der Waals surface area contributed by atoms with E-state index in [-0.39, 0.29) is 10.8 Å². The van der Waals surface area contributed by atoms with Crippen molar-refractivity contribution in [1.82, 2.24) is 4.31 Å². The van der Waals surface area contributed by atoms with Gasteiger partial charge in [0, 0.05) is 31.9 Å². The first kappa shape index (κ1) is 21.7. The number of benzene rings is 2. The lowest BCUT2D eigenvalue weighted by molar-refractivity contribution is 0.327. The molecule has 0 spiro atoms. The second-order valence-corrected chi connectivity index (χ2v) is 9.83. The van der Waals surface area contributed by atoms with Crippen LogP contribution < -0.4 is 9.64 Å². The first-order chi connectivity index (χ1) is 13.8. The van der Waals surface area contributed by atoms with Crippen molar-refractivity contribution in [3.8, 4) is 5.75 Å². The standard InChI is InChI=1S/C23H32N2O3S/c1-6-28-21-11-10-20(17(2)3)16-22(21)29(26,27)25-14-12-24(13-15-25)23-18(4)8-7-9-19(23)5/h7-11,16-17H,6,12-15H2,1-5H3. The van der Waals surface area contributed by atoms with E-state index in [4.69, 9.17) is 4.74 Å². The van der Waals surface area contributed by atoms with Crippen molar-refractivity contribution < 1.29 is 13.2 Å². The quantitative estimate of drug-likeness (QED) is 0.703. The average Bonchev–Trinajstić information content (AvgIpc) is 2.68. The summed E-state index contributed by atoms with van der Waals surface area (Å²) in [5.41, 5.74) is 4.68. The fourth-order valence-corrected chi connectivity index (χ4v) is 5.54. The molecule has 0 N–H and O–H groups in total. The molecule has 158 valence electrons. The third kappa shape index (κ3) is 4.43. The van der Waals surface area contributed by atoms with Gasteiger partial charge in [-0.05, 0) is 55.5 Å². The predicted octanol–water partition coefficient (Wildman–Crippen LogP) is 4.34. The van der Waals surface area contributed by atoms with Gasteiger partial charge in [0.2, 0.25) is 10.0 Å². The van der Waals surface area contributed by atoms with Crippen molar-refractivity contribution in [1.29, 1.82) is 0 Å². The zero-order valence-electron chi connectivity index (χ0n) is 18.1. The Morgan fingerprint density at radius 1 is 1.00 bits per heavy atom. The summed E-state index contributed by atoms with van der Waals surface area (Å²) >= 11 is 0. The molecule has 1 fully saturated rings. The highest BCUT2D eigenvalue weighted by Crippen LogP contribution is 2.32. The summed E-state index contributed by atoms with van der Waals surface area (Å²) in [5, 5.41) is 0. The van der Waals surface area contributed by atoms with Gasteiger partial charge in [0.05, 0.1) is 6.61 Å². The molecule has 1 aliphatic rings. The number of aryl methyl sites for hydroxylation is 2. The molecular formula is C23H32N2O3S. The maximum Gasteiger partial charge on any atom is 0.246 e. The molecule has 0 unspecified atom stereocenters. The van der Waals surface area contributed by atoms with Crippen molar-refractivity contribution in [2.75, 3.05) is 37.7 Å². The first-order valence-electron chi connectivity index (χ1n) is 10.3. The second kappa shape index (κ2) is 8.76. The number of anilines is 1. The largest absolute Gasteiger partial charge is 0.492 e. The van der Waals surface area contributed by atoms with Gasteiger partial charge in [-0.2, -0.15) is 4.31 Å². The molecule has 0 aromatic heterocycles. The second-order valence-electron chi connectivity index (χ2n) is 7.93. The molecule has 1 saturated heterocycles. The lowest BCUT2D eigenvalue weighted by Crippen LogP contribution is -2.49. The van der Waals surface area contributed by atoms with Gasteiger partial charge in [0.25, 0.3) is 0 Å². The van der Waals surface area contributed by atoms with E-state index in [0.29, 0.717) is 38.5 Å². The molecule has 2 aromatic rings. The van der Waals surface area contributed by atoms with Crippen LogP contribution in [-0.2, 0) is 10.0 Å². The van der Waals surface area contributed by atoms with E-state index in [1.165, 1.54) is 16.8 Å². The zero-order valence-corrected chi connectivity index (χ0v) is 18.9. The smallest absolute Gasteiger partial charge is 0.246 e. The molecule has 0 aliphatic carbocycles. The summed E-state index contributed by atoms with van der Waals surface area (Å²) in [6.07, 6.45) is 0. The number of hydrogen-bond acceptors (Lipinski definition) is 4. The van der Waals surface area contributed by atoms with Gasteiger partial charge in [0.15, 0.2) is 0 Å². The summed E-state index contributed by atoms with van der Waals surface area (Å²) in [6, 6.07) is 11.8. The maximum absolute atomic E-state index is 13.5. The number of hydrogen-bond donors (Lipinski definition) is 0. The molecule has 0 bridgehead atoms. The summed E-state index contributed by atoms with van der Waals surface area (Å²) < 4.78 is 34.2. The molecule has 0 amide bonds. The molecule has 3 rings (SSSR count). The van der Waals surface area contributed by atoms with Crippen LogP contribution in [0.2, 0.25) is 0 Å². The Kier molecular flexibility index (Phi) is 6.54. The van der Waals surface area contributed by atoms with E-state index in [0.717, 1.165) is 5.56 Å². The van der Waals surface area contributed by atoms with Crippen LogP contribution in [0.25, 0.3) is 0 Å². The van der Waals surface area contributed by atoms with Crippen LogP contribution in [0.15, 0.2) is 41.3 Å². The molecule has 1 heterocycles. The normalized spacial score (nSPS) is 15.7. The fourth-order valence-electron chi connectivity index (χ4n) is 3.96. The van der Waals surface area contributed by atoms with E-state index in [9.17, 15) is 8.42 Å². The number of piperazine rings is 1. The zero-order chi connectivity index (χ0) is 21.2. The molecule has 2 aromatic carbocycles. The minimum atomic E-state index is -3.62. The van der Waals surface area contributed by atoms with Gasteiger partial charge in [-0.3, -0.25) is 0 Å². The summed E-state index contributed by atoms with van der Waals surface area (Å²) in [5.74, 6) is 0.689. The number of ether oxygens (including phenoxy) is 1. The minimum Gasteiger partial charge on any atom is -0.492 e. The van der Waals surface area contributed by atoms with Crippen molar-refractivity contribution in [3.05, 3.63) is 53.1 Å². The molecule has 0 atom stereocenters. The van der Waals surface area contributed by atoms with Crippen LogP contribution in [0.3, 0.4) is 0 Å². The molecule has 29 heavy (non-hydrogen) atoms. The molecular weight excluding hydrogens is 384 g/mol. The Balaban J connectivity index is 1.86. The molecule has 6 heteroatoms. The van der Waals surface area contributed by atoms with E-state index < -0.39 is 10.0 Å². The summed E-state index contributed by atoms with van der Waals surface area (Å²) in [4.78, 5) is 2.58. The van der Waals surface area contributed by atoms with Crippen LogP contribution in [-0.4, -0.2) is 45.5 Å². The lowest BCUT2D eigenvalue weighted by atomic mass is 10.0. The monoisotopic (exact) mass is 416 g/mol. The van der Waals surface area contributed by atoms with Crippen LogP contribution in [0.5, 0.6) is 5.75 Å². The molecule has 0 radical (unpaired) electrons. The summed E-state index contributed by atoms with van der Waals surface area (Å²) in [6.45, 7) is 12.9. The Hall–Kier alpha value is -2.05. The number of sulfonamides is 1. The molecule has 5 nitrogen and oxygen atoms in total. The van der Waals surface area contributed by atoms with Crippen LogP contribution in [0.1, 0.15) is 43.4 Å². The SMILES string of the molecule is CCOc1ccc(C(C)C)cc1S(=O)(=O)N1CCN(c2c(C)cccc2C)CC1. The van der Waals surface area contributed by atoms with Crippen LogP contribution in [0, 0.1) is 13.8 Å². The minimum absolute atomic E-state index is 0.250. The van der Waals surface area contributed by atoms with Crippen molar-refractivity contribution in [2.45, 2.75) is 45.4 Å². The third-order valence-electron chi connectivity index (χ3n) is 5.55. The molecule has 1 aliphatic heterocycles. The highest BCUT2D eigenvalue weighted by Gasteiger charge is 2.32. The number of rotatable bonds is 6. The van der Waals surface area contributed by atoms with Gasteiger partial charge in [-0.15, -0.1) is 0 Å². The van der Waals surface area contributed by atoms with Gasteiger partial charge in [0.1, 0.15) is 10.6 Å². The average molecular weight is 417 g/mol. The van der Waals surface area contributed by atoms with Crippen molar-refractivity contribution in [2.24, 2.45) is 0 Å². The molecule has 0 saturated carbocycles. The fraction of sp³-hybridized carbons (Fsp3) is 0.478. The maximum atomic E-state index is 13.5. The van der Waals surface area contributed by atoms with E-state index in [1.807, 2.05) is 13.0 Å². The topological polar surface area (TPSA) is 49.9 Å². The Morgan fingerprint density at radius 2 is 1.62 bits per heavy atom. The van der Waals surface area contributed by atoms with Crippen molar-refractivity contribution >= 4 is 15.7 Å². The summed E-state index contributed by atoms with van der Waals surface area (Å²) in [7, 11) is -3.62. The lowest BCUT2D eigenvalue weighted by Gasteiger charge is -2.37. The van der Waals surface area contributed by atoms with Crippen molar-refractivity contribution in [3.63, 3.8) is 0 Å². The van der Waals surface area contributed by atoms with Gasteiger partial charge in [-0.1, -0.05) is 38.1 Å². The van der Waals surface area contributed by atoms with Gasteiger partial charge < -0.3 is 9.64 Å². The van der Waals surface area contributed by atoms with Crippen LogP contribution in [0.4, 0.5) is 5.69 Å². The Bertz CT molecular complexity index is 942. The highest BCUT2D eigenvalue weighted by atomic mass is 32.2. The predicted molar refractivity (Wildman–Crippen MR) is 119 cm³/mol. The number of para-hydroxylation sites is 1. The first-order valence-corrected chi connectivity index (χ1v) is 11.8. The number of nitrogens with zero attached hydrogens (tertiary/aromatic N) is 2.